The summed E-state index contributed by atoms with van der Waals surface area (Å²) in [6.45, 7) is 9.67. The highest BCUT2D eigenvalue weighted by Gasteiger charge is 2.22. The maximum atomic E-state index is 14.7. The number of hydrogen-bond acceptors (Lipinski definition) is 3. The Kier molecular flexibility index (Phi) is 8.47. The molecule has 1 aliphatic carbocycles. The van der Waals surface area contributed by atoms with Crippen LogP contribution in [0.25, 0.3) is 0 Å². The van der Waals surface area contributed by atoms with Gasteiger partial charge >= 0.3 is 0 Å². The summed E-state index contributed by atoms with van der Waals surface area (Å²) in [5, 5.41) is 0. The lowest BCUT2D eigenvalue weighted by atomic mass is 9.86. The zero-order valence-corrected chi connectivity index (χ0v) is 23.9. The van der Waals surface area contributed by atoms with Gasteiger partial charge in [-0.15, -0.1) is 0 Å². The van der Waals surface area contributed by atoms with Crippen LogP contribution >= 0.6 is 0 Å². The molecule has 0 aromatic heterocycles. The molecule has 0 amide bonds. The van der Waals surface area contributed by atoms with Crippen LogP contribution in [0.4, 0.5) is 10.1 Å². The summed E-state index contributed by atoms with van der Waals surface area (Å²) in [5.41, 5.74) is 6.78. The van der Waals surface area contributed by atoms with Crippen molar-refractivity contribution >= 4 is 17.0 Å². The lowest BCUT2D eigenvalue weighted by Gasteiger charge is -2.29. The average molecular weight is 533 g/mol. The molecule has 1 aliphatic heterocycles. The van der Waals surface area contributed by atoms with Crippen LogP contribution < -0.4 is 4.72 Å². The fourth-order valence-corrected chi connectivity index (χ4v) is 6.23. The Hall–Kier alpha value is -2.34. The monoisotopic (exact) mass is 532 g/mol. The molecule has 3 nitrogen and oxygen atoms in total. The van der Waals surface area contributed by atoms with Gasteiger partial charge in [0.1, 0.15) is 17.0 Å². The van der Waals surface area contributed by atoms with E-state index in [9.17, 15) is 8.94 Å². The van der Waals surface area contributed by atoms with Gasteiger partial charge in [-0.05, 0) is 89.1 Å². The summed E-state index contributed by atoms with van der Waals surface area (Å²) in [6, 6.07) is 20.4. The standard InChI is InChI=1S/C33H41FN2OS/c1-33(2,3)29-13-9-25(10-14-29)17-19-36-20-18-27-22-30(15-12-28(27)23-36)38(37)35-32-16-11-26(21-31(32)34)6-4-5-24-7-8-24/h9-16,21-22,24,35H,4-8,17-20,23H2,1-3H3. The fourth-order valence-electron chi connectivity index (χ4n) is 5.31. The highest BCUT2D eigenvalue weighted by atomic mass is 32.2. The number of halogens is 1. The molecule has 202 valence electrons. The fraction of sp³-hybridized carbons (Fsp3) is 0.455. The Balaban J connectivity index is 1.13. The van der Waals surface area contributed by atoms with Crippen LogP contribution in [0.3, 0.4) is 0 Å². The predicted molar refractivity (Wildman–Crippen MR) is 156 cm³/mol. The van der Waals surface area contributed by atoms with Gasteiger partial charge in [0.2, 0.25) is 0 Å². The van der Waals surface area contributed by atoms with Crippen LogP contribution in [0.15, 0.2) is 65.6 Å². The number of nitrogens with zero attached hydrogens (tertiary/aromatic N) is 1. The van der Waals surface area contributed by atoms with Gasteiger partial charge in [-0.3, -0.25) is 4.90 Å². The van der Waals surface area contributed by atoms with E-state index in [0.29, 0.717) is 10.6 Å². The van der Waals surface area contributed by atoms with Gasteiger partial charge in [0.15, 0.2) is 10.7 Å². The molecule has 38 heavy (non-hydrogen) atoms. The van der Waals surface area contributed by atoms with E-state index in [4.69, 9.17) is 0 Å². The highest BCUT2D eigenvalue weighted by molar-refractivity contribution is 7.92. The van der Waals surface area contributed by atoms with Crippen molar-refractivity contribution in [1.82, 2.24) is 4.90 Å². The van der Waals surface area contributed by atoms with Gasteiger partial charge in [0, 0.05) is 19.6 Å². The van der Waals surface area contributed by atoms with E-state index in [1.54, 1.807) is 12.1 Å². The van der Waals surface area contributed by atoms with Crippen molar-refractivity contribution in [3.05, 3.63) is 94.3 Å². The van der Waals surface area contributed by atoms with Gasteiger partial charge < -0.3 is 4.55 Å². The molecule has 2 aliphatic rings. The van der Waals surface area contributed by atoms with Crippen molar-refractivity contribution in [2.75, 3.05) is 17.8 Å². The Morgan fingerprint density at radius 1 is 0.947 bits per heavy atom. The summed E-state index contributed by atoms with van der Waals surface area (Å²) in [7, 11) is 0. The van der Waals surface area contributed by atoms with E-state index in [2.05, 4.69) is 60.7 Å². The third-order valence-electron chi connectivity index (χ3n) is 8.03. The Morgan fingerprint density at radius 2 is 1.71 bits per heavy atom. The zero-order valence-electron chi connectivity index (χ0n) is 23.1. The van der Waals surface area contributed by atoms with Crippen molar-refractivity contribution in [2.45, 2.75) is 82.6 Å². The molecule has 0 spiro atoms. The summed E-state index contributed by atoms with van der Waals surface area (Å²) >= 11 is -1.50. The summed E-state index contributed by atoms with van der Waals surface area (Å²) in [6.07, 6.45) is 7.95. The predicted octanol–water partition coefficient (Wildman–Crippen LogP) is 7.59. The Morgan fingerprint density at radius 3 is 2.42 bits per heavy atom. The summed E-state index contributed by atoms with van der Waals surface area (Å²) in [5.74, 6) is 0.572. The van der Waals surface area contributed by atoms with E-state index < -0.39 is 11.4 Å². The molecule has 1 saturated carbocycles. The first-order valence-electron chi connectivity index (χ1n) is 14.1. The van der Waals surface area contributed by atoms with Crippen LogP contribution in [-0.4, -0.2) is 22.5 Å². The molecule has 1 fully saturated rings. The first-order chi connectivity index (χ1) is 18.2. The molecule has 1 N–H and O–H groups in total. The highest BCUT2D eigenvalue weighted by Crippen LogP contribution is 2.34. The molecular formula is C33H41FN2OS. The van der Waals surface area contributed by atoms with Gasteiger partial charge in [-0.2, -0.15) is 0 Å². The number of hydrogen-bond donors (Lipinski definition) is 1. The average Bonchev–Trinajstić information content (AvgIpc) is 3.73. The van der Waals surface area contributed by atoms with Crippen molar-refractivity contribution < 1.29 is 8.94 Å². The second-order valence-electron chi connectivity index (χ2n) is 12.2. The molecular weight excluding hydrogens is 491 g/mol. The lowest BCUT2D eigenvalue weighted by molar-refractivity contribution is 0.257. The summed E-state index contributed by atoms with van der Waals surface area (Å²) in [4.78, 5) is 3.19. The molecule has 1 heterocycles. The van der Waals surface area contributed by atoms with Gasteiger partial charge in [-0.25, -0.2) is 9.11 Å². The Labute approximate surface area is 231 Å². The first-order valence-corrected chi connectivity index (χ1v) is 15.3. The normalized spacial score (nSPS) is 16.8. The minimum Gasteiger partial charge on any atom is -0.588 e. The number of anilines is 1. The van der Waals surface area contributed by atoms with Gasteiger partial charge in [-0.1, -0.05) is 76.4 Å². The van der Waals surface area contributed by atoms with Crippen LogP contribution in [0, 0.1) is 11.7 Å². The number of rotatable bonds is 10. The molecule has 0 saturated heterocycles. The second-order valence-corrected chi connectivity index (χ2v) is 13.4. The van der Waals surface area contributed by atoms with Crippen LogP contribution in [0.5, 0.6) is 0 Å². The largest absolute Gasteiger partial charge is 0.588 e. The van der Waals surface area contributed by atoms with Gasteiger partial charge in [0.25, 0.3) is 0 Å². The third-order valence-corrected chi connectivity index (χ3v) is 9.12. The molecule has 0 bridgehead atoms. The lowest BCUT2D eigenvalue weighted by Crippen LogP contribution is -2.32. The summed E-state index contributed by atoms with van der Waals surface area (Å²) < 4.78 is 30.6. The number of aryl methyl sites for hydroxylation is 1. The minimum absolute atomic E-state index is 0.181. The number of benzene rings is 3. The van der Waals surface area contributed by atoms with Crippen molar-refractivity contribution in [2.24, 2.45) is 5.92 Å². The molecule has 5 rings (SSSR count). The second kappa shape index (κ2) is 11.8. The van der Waals surface area contributed by atoms with Crippen molar-refractivity contribution in [3.63, 3.8) is 0 Å². The SMILES string of the molecule is CC(C)(C)c1ccc(CCN2CCc3cc([S+]([O-])Nc4ccc(CCCC5CC5)cc4F)ccc3C2)cc1. The van der Waals surface area contributed by atoms with Crippen molar-refractivity contribution in [3.8, 4) is 0 Å². The maximum absolute atomic E-state index is 14.7. The quantitative estimate of drug-likeness (QED) is 0.273. The van der Waals surface area contributed by atoms with E-state index in [-0.39, 0.29) is 11.2 Å². The topological polar surface area (TPSA) is 38.3 Å². The molecule has 1 atom stereocenters. The van der Waals surface area contributed by atoms with E-state index >= 15 is 0 Å². The first kappa shape index (κ1) is 27.2. The molecule has 1 unspecified atom stereocenters. The Bertz CT molecular complexity index is 1230. The van der Waals surface area contributed by atoms with Crippen molar-refractivity contribution in [1.29, 1.82) is 0 Å². The number of nitrogens with one attached hydrogen (secondary N) is 1. The van der Waals surface area contributed by atoms with E-state index in [1.165, 1.54) is 41.5 Å². The maximum Gasteiger partial charge on any atom is 0.180 e. The van der Waals surface area contributed by atoms with Crippen LogP contribution in [0.1, 0.15) is 74.3 Å². The van der Waals surface area contributed by atoms with E-state index in [0.717, 1.165) is 56.8 Å². The molecule has 3 aromatic carbocycles. The van der Waals surface area contributed by atoms with Gasteiger partial charge in [0.05, 0.1) is 0 Å². The van der Waals surface area contributed by atoms with Crippen LogP contribution in [-0.2, 0) is 42.6 Å². The van der Waals surface area contributed by atoms with Crippen LogP contribution in [0.2, 0.25) is 0 Å². The molecule has 5 heteroatoms. The third kappa shape index (κ3) is 7.19. The smallest absolute Gasteiger partial charge is 0.180 e. The number of fused-ring (bicyclic) bond motifs is 1. The zero-order chi connectivity index (χ0) is 26.7. The molecule has 3 aromatic rings. The molecule has 0 radical (unpaired) electrons. The minimum atomic E-state index is -1.50. The van der Waals surface area contributed by atoms with E-state index in [1.807, 2.05) is 18.2 Å².